The van der Waals surface area contributed by atoms with Crippen molar-refractivity contribution in [2.75, 3.05) is 37.0 Å². The number of piperidine rings is 1. The van der Waals surface area contributed by atoms with E-state index in [-0.39, 0.29) is 29.4 Å². The number of methoxy groups -OCH3 is 1. The first kappa shape index (κ1) is 22.2. The maximum Gasteiger partial charge on any atom is 0.235 e. The smallest absolute Gasteiger partial charge is 0.235 e. The number of ether oxygens (including phenoxy) is 1. The van der Waals surface area contributed by atoms with Gasteiger partial charge in [-0.05, 0) is 37.5 Å². The Bertz CT molecular complexity index is 849. The number of aryl methyl sites for hydroxylation is 1. The normalized spacial score (nSPS) is 15.0. The summed E-state index contributed by atoms with van der Waals surface area (Å²) in [5.74, 6) is 2.11. The van der Waals surface area contributed by atoms with Crippen molar-refractivity contribution in [3.05, 3.63) is 41.7 Å². The molecule has 0 aliphatic carbocycles. The van der Waals surface area contributed by atoms with Gasteiger partial charge in [-0.1, -0.05) is 17.3 Å². The van der Waals surface area contributed by atoms with E-state index < -0.39 is 0 Å². The van der Waals surface area contributed by atoms with Gasteiger partial charge in [-0.2, -0.15) is 0 Å². The largest absolute Gasteiger partial charge is 0.497 e. The van der Waals surface area contributed by atoms with Crippen molar-refractivity contribution < 1.29 is 18.8 Å². The number of thioether (sulfide) groups is 1. The van der Waals surface area contributed by atoms with Crippen LogP contribution in [0.4, 0.5) is 5.82 Å². The number of nitrogens with zero attached hydrogens (tertiary/aromatic N) is 2. The minimum atomic E-state index is -0.202. The lowest BCUT2D eigenvalue weighted by Gasteiger charge is -2.32. The Hall–Kier alpha value is -2.52. The summed E-state index contributed by atoms with van der Waals surface area (Å²) in [7, 11) is 1.68. The molecule has 0 atom stereocenters. The molecular formula is C21H28N4O4S. The number of likely N-dealkylation sites (tertiary alicyclic amines) is 1. The Morgan fingerprint density at radius 2 is 2.00 bits per heavy atom. The van der Waals surface area contributed by atoms with Crippen molar-refractivity contribution in [3.8, 4) is 5.75 Å². The Labute approximate surface area is 180 Å². The van der Waals surface area contributed by atoms with Crippen molar-refractivity contribution in [1.82, 2.24) is 15.4 Å². The van der Waals surface area contributed by atoms with Crippen LogP contribution in [-0.4, -0.2) is 59.6 Å². The highest BCUT2D eigenvalue weighted by Crippen LogP contribution is 2.18. The average Bonchev–Trinajstić information content (AvgIpc) is 3.14. The highest BCUT2D eigenvalue weighted by atomic mass is 32.2. The lowest BCUT2D eigenvalue weighted by molar-refractivity contribution is -0.119. The second kappa shape index (κ2) is 11.0. The monoisotopic (exact) mass is 432 g/mol. The fraction of sp³-hybridized carbons (Fsp3) is 0.476. The predicted molar refractivity (Wildman–Crippen MR) is 117 cm³/mol. The molecule has 8 nitrogen and oxygen atoms in total. The molecule has 9 heteroatoms. The quantitative estimate of drug-likeness (QED) is 0.628. The van der Waals surface area contributed by atoms with Gasteiger partial charge in [0.15, 0.2) is 5.82 Å². The number of hydrogen-bond donors (Lipinski definition) is 2. The Kier molecular flexibility index (Phi) is 8.15. The zero-order valence-corrected chi connectivity index (χ0v) is 18.2. The van der Waals surface area contributed by atoms with E-state index >= 15 is 0 Å². The van der Waals surface area contributed by atoms with E-state index in [1.807, 2.05) is 12.1 Å². The van der Waals surface area contributed by atoms with Crippen LogP contribution in [0.5, 0.6) is 5.75 Å². The fourth-order valence-electron chi connectivity index (χ4n) is 3.37. The maximum atomic E-state index is 12.2. The van der Waals surface area contributed by atoms with Crippen molar-refractivity contribution in [2.45, 2.75) is 32.4 Å². The van der Waals surface area contributed by atoms with Gasteiger partial charge in [0.1, 0.15) is 11.5 Å². The molecule has 3 rings (SSSR count). The molecule has 0 saturated carbocycles. The third-order valence-electron chi connectivity index (χ3n) is 4.85. The first-order chi connectivity index (χ1) is 14.5. The molecule has 162 valence electrons. The van der Waals surface area contributed by atoms with E-state index in [9.17, 15) is 9.59 Å². The lowest BCUT2D eigenvalue weighted by Crippen LogP contribution is -2.44. The van der Waals surface area contributed by atoms with Crippen molar-refractivity contribution >= 4 is 29.4 Å². The summed E-state index contributed by atoms with van der Waals surface area (Å²) in [4.78, 5) is 26.4. The zero-order valence-electron chi connectivity index (χ0n) is 17.3. The van der Waals surface area contributed by atoms with E-state index in [4.69, 9.17) is 9.26 Å². The molecule has 30 heavy (non-hydrogen) atoms. The first-order valence-corrected chi connectivity index (χ1v) is 11.1. The summed E-state index contributed by atoms with van der Waals surface area (Å²) in [6, 6.07) is 9.95. The summed E-state index contributed by atoms with van der Waals surface area (Å²) in [6.45, 7) is 4.52. The summed E-state index contributed by atoms with van der Waals surface area (Å²) < 4.78 is 10.2. The van der Waals surface area contributed by atoms with Crippen molar-refractivity contribution in [2.24, 2.45) is 0 Å². The molecule has 1 fully saturated rings. The van der Waals surface area contributed by atoms with Gasteiger partial charge in [0.05, 0.1) is 18.6 Å². The molecule has 0 unspecified atom stereocenters. The molecule has 2 amide bonds. The van der Waals surface area contributed by atoms with Gasteiger partial charge in [0.2, 0.25) is 11.8 Å². The van der Waals surface area contributed by atoms with E-state index in [0.717, 1.165) is 38.2 Å². The van der Waals surface area contributed by atoms with Gasteiger partial charge in [0.25, 0.3) is 0 Å². The van der Waals surface area contributed by atoms with Gasteiger partial charge in [-0.15, -0.1) is 11.8 Å². The van der Waals surface area contributed by atoms with Crippen LogP contribution in [0.25, 0.3) is 0 Å². The first-order valence-electron chi connectivity index (χ1n) is 9.97. The molecule has 2 heterocycles. The summed E-state index contributed by atoms with van der Waals surface area (Å²) in [5.41, 5.74) is 1.23. The third kappa shape index (κ3) is 7.07. The molecule has 0 spiro atoms. The van der Waals surface area contributed by atoms with Crippen LogP contribution in [0.15, 0.2) is 34.9 Å². The standard InChI is InChI=1S/C21H28N4O4S/c1-15-10-19(24-29-15)23-21(27)14-30-13-20(26)22-17-6-8-25(9-7-17)12-16-4-3-5-18(11-16)28-2/h3-5,10-11,17H,6-9,12-14H2,1-2H3,(H,22,26)(H,23,24,27). The third-order valence-corrected chi connectivity index (χ3v) is 5.79. The maximum absolute atomic E-state index is 12.2. The van der Waals surface area contributed by atoms with E-state index in [1.54, 1.807) is 20.1 Å². The highest BCUT2D eigenvalue weighted by Gasteiger charge is 2.21. The van der Waals surface area contributed by atoms with Crippen LogP contribution >= 0.6 is 11.8 Å². The molecule has 2 aromatic rings. The van der Waals surface area contributed by atoms with Gasteiger partial charge < -0.3 is 19.9 Å². The van der Waals surface area contributed by atoms with Crippen molar-refractivity contribution in [1.29, 1.82) is 0 Å². The molecule has 0 radical (unpaired) electrons. The van der Waals surface area contributed by atoms with Gasteiger partial charge in [-0.25, -0.2) is 0 Å². The van der Waals surface area contributed by atoms with Crippen LogP contribution in [0.1, 0.15) is 24.2 Å². The summed E-state index contributed by atoms with van der Waals surface area (Å²) >= 11 is 1.29. The molecule has 1 aromatic carbocycles. The average molecular weight is 433 g/mol. The minimum Gasteiger partial charge on any atom is -0.497 e. The number of nitrogens with one attached hydrogen (secondary N) is 2. The second-order valence-electron chi connectivity index (χ2n) is 7.33. The number of amides is 2. The van der Waals surface area contributed by atoms with Crippen LogP contribution in [-0.2, 0) is 16.1 Å². The number of rotatable bonds is 9. The molecule has 2 N–H and O–H groups in total. The SMILES string of the molecule is COc1cccc(CN2CCC(NC(=O)CSCC(=O)Nc3cc(C)on3)CC2)c1. The van der Waals surface area contributed by atoms with Crippen LogP contribution in [0.2, 0.25) is 0 Å². The molecular weight excluding hydrogens is 404 g/mol. The predicted octanol–water partition coefficient (Wildman–Crippen LogP) is 2.44. The second-order valence-corrected chi connectivity index (χ2v) is 8.32. The highest BCUT2D eigenvalue weighted by molar-refractivity contribution is 8.00. The molecule has 0 bridgehead atoms. The molecule has 1 aromatic heterocycles. The van der Waals surface area contributed by atoms with Gasteiger partial charge >= 0.3 is 0 Å². The summed E-state index contributed by atoms with van der Waals surface area (Å²) in [5, 5.41) is 9.43. The molecule has 1 saturated heterocycles. The fourth-order valence-corrected chi connectivity index (χ4v) is 4.00. The number of aromatic nitrogens is 1. The zero-order chi connectivity index (χ0) is 21.3. The number of benzene rings is 1. The number of anilines is 1. The summed E-state index contributed by atoms with van der Waals surface area (Å²) in [6.07, 6.45) is 1.85. The van der Waals surface area contributed by atoms with Gasteiger partial charge in [0, 0.05) is 31.7 Å². The van der Waals surface area contributed by atoms with Crippen molar-refractivity contribution in [3.63, 3.8) is 0 Å². The topological polar surface area (TPSA) is 96.7 Å². The van der Waals surface area contributed by atoms with E-state index in [1.165, 1.54) is 17.3 Å². The Morgan fingerprint density at radius 1 is 1.23 bits per heavy atom. The Balaban J connectivity index is 1.30. The minimum absolute atomic E-state index is 0.0312. The lowest BCUT2D eigenvalue weighted by atomic mass is 10.0. The number of hydrogen-bond acceptors (Lipinski definition) is 7. The van der Waals surface area contributed by atoms with Crippen LogP contribution in [0.3, 0.4) is 0 Å². The Morgan fingerprint density at radius 3 is 2.70 bits per heavy atom. The molecule has 1 aliphatic rings. The molecule has 1 aliphatic heterocycles. The van der Waals surface area contributed by atoms with E-state index in [0.29, 0.717) is 11.6 Å². The van der Waals surface area contributed by atoms with Crippen LogP contribution < -0.4 is 15.4 Å². The number of carbonyl (C=O) groups is 2. The van der Waals surface area contributed by atoms with Crippen LogP contribution in [0, 0.1) is 6.92 Å². The number of carbonyl (C=O) groups excluding carboxylic acids is 2. The van der Waals surface area contributed by atoms with E-state index in [2.05, 4.69) is 32.8 Å². The van der Waals surface area contributed by atoms with Gasteiger partial charge in [-0.3, -0.25) is 14.5 Å².